The molecule has 0 bridgehead atoms. The molecule has 2 aromatic heterocycles. The summed E-state index contributed by atoms with van der Waals surface area (Å²) < 4.78 is 39.1. The molecule has 0 radical (unpaired) electrons. The van der Waals surface area contributed by atoms with E-state index < -0.39 is 41.7 Å². The van der Waals surface area contributed by atoms with E-state index in [0.717, 1.165) is 17.0 Å². The minimum atomic E-state index is -4.66. The van der Waals surface area contributed by atoms with Crippen LogP contribution in [0, 0.1) is 35.5 Å². The Morgan fingerprint density at radius 2 is 2.00 bits per heavy atom. The van der Waals surface area contributed by atoms with Gasteiger partial charge in [0, 0.05) is 29.7 Å². The van der Waals surface area contributed by atoms with Crippen LogP contribution in [0.15, 0.2) is 35.1 Å². The molecule has 2 fully saturated rings. The quantitative estimate of drug-likeness (QED) is 0.429. The number of piperidine rings is 1. The van der Waals surface area contributed by atoms with Gasteiger partial charge in [-0.1, -0.05) is 25.5 Å². The van der Waals surface area contributed by atoms with Gasteiger partial charge in [0.15, 0.2) is 5.69 Å². The highest BCUT2D eigenvalue weighted by molar-refractivity contribution is 5.92. The highest BCUT2D eigenvalue weighted by Crippen LogP contribution is 2.65. The molecule has 12 heteroatoms. The third kappa shape index (κ3) is 4.74. The van der Waals surface area contributed by atoms with Gasteiger partial charge in [0.1, 0.15) is 12.1 Å². The molecule has 3 N–H and O–H groups in total. The molecule has 1 saturated heterocycles. The summed E-state index contributed by atoms with van der Waals surface area (Å²) in [7, 11) is 0. The molecule has 3 heterocycles. The second-order valence-corrected chi connectivity index (χ2v) is 11.4. The van der Waals surface area contributed by atoms with Crippen molar-refractivity contribution in [1.29, 1.82) is 5.26 Å². The monoisotopic (exact) mass is 554 g/mol. The van der Waals surface area contributed by atoms with Gasteiger partial charge in [-0.2, -0.15) is 23.5 Å². The summed E-state index contributed by atoms with van der Waals surface area (Å²) in [4.78, 5) is 43.9. The van der Waals surface area contributed by atoms with Gasteiger partial charge in [-0.15, -0.1) is 0 Å². The second-order valence-electron chi connectivity index (χ2n) is 11.4. The smallest absolute Gasteiger partial charge is 0.338 e. The fraction of sp³-hybridized carbons (Fsp3) is 0.464. The van der Waals surface area contributed by atoms with Crippen LogP contribution in [0.1, 0.15) is 49.2 Å². The highest BCUT2D eigenvalue weighted by atomic mass is 19.4. The first kappa shape index (κ1) is 27.4. The van der Waals surface area contributed by atoms with Crippen LogP contribution in [0.3, 0.4) is 0 Å². The van der Waals surface area contributed by atoms with E-state index in [1.54, 1.807) is 12.1 Å². The lowest BCUT2D eigenvalue weighted by atomic mass is 9.97. The minimum Gasteiger partial charge on any atom is -0.338 e. The molecule has 0 spiro atoms. The number of hydrogen-bond donors (Lipinski definition) is 3. The highest BCUT2D eigenvalue weighted by Gasteiger charge is 2.69. The maximum Gasteiger partial charge on any atom is 0.435 e. The van der Waals surface area contributed by atoms with Crippen molar-refractivity contribution >= 4 is 22.7 Å². The Bertz CT molecular complexity index is 1600. The summed E-state index contributed by atoms with van der Waals surface area (Å²) in [5.41, 5.74) is 0.292. The van der Waals surface area contributed by atoms with Gasteiger partial charge in [0.25, 0.3) is 5.56 Å². The molecule has 2 unspecified atom stereocenters. The maximum absolute atomic E-state index is 13.6. The zero-order valence-corrected chi connectivity index (χ0v) is 22.4. The number of aromatic nitrogens is 3. The van der Waals surface area contributed by atoms with Gasteiger partial charge >= 0.3 is 6.18 Å². The van der Waals surface area contributed by atoms with Gasteiger partial charge < -0.3 is 15.2 Å². The third-order valence-electron chi connectivity index (χ3n) is 8.46. The fourth-order valence-electron chi connectivity index (χ4n) is 6.03. The summed E-state index contributed by atoms with van der Waals surface area (Å²) in [5.74, 6) is -2.15. The van der Waals surface area contributed by atoms with Crippen LogP contribution in [0.5, 0.6) is 0 Å². The Morgan fingerprint density at radius 3 is 2.65 bits per heavy atom. The van der Waals surface area contributed by atoms with E-state index in [2.05, 4.69) is 20.5 Å². The molecule has 2 aliphatic rings. The normalized spacial score (nSPS) is 22.9. The Kier molecular flexibility index (Phi) is 6.51. The first-order chi connectivity index (χ1) is 18.7. The summed E-state index contributed by atoms with van der Waals surface area (Å²) in [6.45, 7) is 7.66. The molecular formula is C28H29F3N6O3. The van der Waals surface area contributed by atoms with Gasteiger partial charge in [-0.05, 0) is 60.7 Å². The predicted molar refractivity (Wildman–Crippen MR) is 139 cm³/mol. The van der Waals surface area contributed by atoms with E-state index in [0.29, 0.717) is 11.1 Å². The Hall–Kier alpha value is -4.14. The molecule has 40 heavy (non-hydrogen) atoms. The number of aryl methyl sites for hydroxylation is 1. The molecule has 5 atom stereocenters. The maximum atomic E-state index is 13.6. The standard InChI is InChI=1S/C28H29F3N6O3/c1-13-5-6-19-15(7-13)8-16(24(38)34-19)9-17(11-32)33-25(39)23-22-18(27(22,3)4)12-37(23)26(40)14(2)20-10-21(36-35-20)28(29,30)31/h5-8,10,14,17-18,22-23H,9,12H2,1-4H3,(H,33,39)(H,34,38)(H,35,36)/t14?,17?,18-,22-,23-/m0/s1. The molecule has 9 nitrogen and oxygen atoms in total. The van der Waals surface area contributed by atoms with Crippen molar-refractivity contribution < 1.29 is 22.8 Å². The van der Waals surface area contributed by atoms with Crippen LogP contribution in [-0.2, 0) is 22.2 Å². The summed E-state index contributed by atoms with van der Waals surface area (Å²) in [5, 5.41) is 18.9. The number of nitriles is 1. The van der Waals surface area contributed by atoms with Crippen LogP contribution in [0.4, 0.5) is 13.2 Å². The van der Waals surface area contributed by atoms with Crippen molar-refractivity contribution in [2.24, 2.45) is 17.3 Å². The molecule has 1 saturated carbocycles. The number of fused-ring (bicyclic) bond motifs is 2. The number of amides is 2. The van der Waals surface area contributed by atoms with E-state index >= 15 is 0 Å². The Balaban J connectivity index is 1.35. The Labute approximate surface area is 227 Å². The van der Waals surface area contributed by atoms with Crippen LogP contribution in [-0.4, -0.2) is 50.5 Å². The molecule has 1 aliphatic carbocycles. The van der Waals surface area contributed by atoms with Crippen molar-refractivity contribution in [2.45, 2.75) is 58.3 Å². The largest absolute Gasteiger partial charge is 0.435 e. The number of alkyl halides is 3. The van der Waals surface area contributed by atoms with E-state index in [1.807, 2.05) is 39.0 Å². The van der Waals surface area contributed by atoms with Crippen molar-refractivity contribution in [3.8, 4) is 6.07 Å². The van der Waals surface area contributed by atoms with Crippen LogP contribution < -0.4 is 10.9 Å². The number of carbonyl (C=O) groups is 2. The zero-order chi connectivity index (χ0) is 29.1. The summed E-state index contributed by atoms with van der Waals surface area (Å²) >= 11 is 0. The van der Waals surface area contributed by atoms with Crippen LogP contribution >= 0.6 is 0 Å². The number of hydrogen-bond acceptors (Lipinski definition) is 5. The van der Waals surface area contributed by atoms with E-state index in [4.69, 9.17) is 0 Å². The third-order valence-corrected chi connectivity index (χ3v) is 8.46. The van der Waals surface area contributed by atoms with Crippen LogP contribution in [0.25, 0.3) is 10.9 Å². The average Bonchev–Trinajstić information content (AvgIpc) is 3.31. The lowest BCUT2D eigenvalue weighted by molar-refractivity contribution is -0.141. The molecule has 5 rings (SSSR count). The predicted octanol–water partition coefficient (Wildman–Crippen LogP) is 3.42. The van der Waals surface area contributed by atoms with E-state index in [9.17, 15) is 32.8 Å². The van der Waals surface area contributed by atoms with Crippen molar-refractivity contribution in [2.75, 3.05) is 6.54 Å². The lowest BCUT2D eigenvalue weighted by Crippen LogP contribution is -2.53. The topological polar surface area (TPSA) is 135 Å². The van der Waals surface area contributed by atoms with E-state index in [-0.39, 0.29) is 41.5 Å². The molecule has 210 valence electrons. The van der Waals surface area contributed by atoms with Crippen molar-refractivity contribution in [3.05, 3.63) is 63.2 Å². The fourth-order valence-corrected chi connectivity index (χ4v) is 6.03. The van der Waals surface area contributed by atoms with Gasteiger partial charge in [0.2, 0.25) is 11.8 Å². The van der Waals surface area contributed by atoms with Gasteiger partial charge in [-0.25, -0.2) is 0 Å². The second kappa shape index (κ2) is 9.50. The van der Waals surface area contributed by atoms with Gasteiger partial charge in [-0.3, -0.25) is 19.5 Å². The first-order valence-corrected chi connectivity index (χ1v) is 13.0. The molecular weight excluding hydrogens is 525 g/mol. The number of carbonyl (C=O) groups excluding carboxylic acids is 2. The number of halogens is 3. The summed E-state index contributed by atoms with van der Waals surface area (Å²) in [6, 6.07) is 8.19. The molecule has 2 amide bonds. The lowest BCUT2D eigenvalue weighted by Gasteiger charge is -2.32. The number of pyridine rings is 1. The number of rotatable bonds is 6. The van der Waals surface area contributed by atoms with Crippen LogP contribution in [0.2, 0.25) is 0 Å². The number of nitrogens with zero attached hydrogens (tertiary/aromatic N) is 3. The van der Waals surface area contributed by atoms with Crippen molar-refractivity contribution in [1.82, 2.24) is 25.4 Å². The van der Waals surface area contributed by atoms with Gasteiger partial charge in [0.05, 0.1) is 12.0 Å². The zero-order valence-electron chi connectivity index (χ0n) is 22.4. The Morgan fingerprint density at radius 1 is 1.27 bits per heavy atom. The first-order valence-electron chi connectivity index (χ1n) is 13.0. The average molecular weight is 555 g/mol. The molecule has 1 aromatic carbocycles. The minimum absolute atomic E-state index is 0.00279. The number of likely N-dealkylation sites (tertiary alicyclic amines) is 1. The number of nitrogens with one attached hydrogen (secondary N) is 3. The van der Waals surface area contributed by atoms with E-state index in [1.165, 1.54) is 11.8 Å². The number of benzene rings is 1. The molecule has 1 aliphatic heterocycles. The number of aromatic amines is 2. The number of H-pyrrole nitrogens is 2. The summed E-state index contributed by atoms with van der Waals surface area (Å²) in [6.07, 6.45) is -4.69. The SMILES string of the molecule is Cc1ccc2[nH]c(=O)c(CC(C#N)NC(=O)[C@@H]3[C@@H]4[C@H](CN3C(=O)C(C)c3cc(C(F)(F)F)n[nH]3)C4(C)C)cc2c1. The molecule has 3 aromatic rings. The van der Waals surface area contributed by atoms with Crippen molar-refractivity contribution in [3.63, 3.8) is 0 Å².